The first-order valence-corrected chi connectivity index (χ1v) is 14.6. The Morgan fingerprint density at radius 2 is 1.92 bits per heavy atom. The molecule has 196 valence electrons. The fourth-order valence-electron chi connectivity index (χ4n) is 4.18. The number of rotatable bonds is 9. The van der Waals surface area contributed by atoms with Crippen molar-refractivity contribution >= 4 is 38.9 Å². The maximum Gasteiger partial charge on any atom is 0.370 e. The molecule has 2 aromatic rings. The van der Waals surface area contributed by atoms with Gasteiger partial charge in [-0.3, -0.25) is 0 Å². The number of hydrogen-bond donors (Lipinski definition) is 0. The molecule has 0 amide bonds. The van der Waals surface area contributed by atoms with Crippen molar-refractivity contribution in [3.63, 3.8) is 0 Å². The highest BCUT2D eigenvalue weighted by Gasteiger charge is 2.39. The van der Waals surface area contributed by atoms with Crippen molar-refractivity contribution < 1.29 is 31.5 Å². The maximum atomic E-state index is 14.1. The van der Waals surface area contributed by atoms with Crippen molar-refractivity contribution in [2.24, 2.45) is 5.92 Å². The van der Waals surface area contributed by atoms with Crippen LogP contribution >= 0.6 is 11.8 Å². The summed E-state index contributed by atoms with van der Waals surface area (Å²) in [5, 5.41) is -0.687. The number of carbonyl (C=O) groups is 1. The van der Waals surface area contributed by atoms with E-state index in [1.165, 1.54) is 30.0 Å². The highest BCUT2D eigenvalue weighted by molar-refractivity contribution is 7.98. The largest absolute Gasteiger partial charge is 0.461 e. The summed E-state index contributed by atoms with van der Waals surface area (Å²) in [5.41, 5.74) is 1.11. The molecule has 1 unspecified atom stereocenters. The molecule has 0 aromatic heterocycles. The predicted molar refractivity (Wildman–Crippen MR) is 138 cm³/mol. The molecule has 0 fully saturated rings. The molecule has 1 aliphatic rings. The number of ether oxygens (including phenoxy) is 2. The normalized spacial score (nSPS) is 19.4. The Hall–Kier alpha value is -2.59. The number of anilines is 2. The summed E-state index contributed by atoms with van der Waals surface area (Å²) in [5.74, 6) is -2.86. The minimum Gasteiger partial charge on any atom is -0.461 e. The van der Waals surface area contributed by atoms with Gasteiger partial charge in [0.2, 0.25) is 5.83 Å². The third-order valence-corrected chi connectivity index (χ3v) is 9.30. The number of hydrogen-bond acceptors (Lipinski definition) is 7. The molecule has 2 aromatic carbocycles. The van der Waals surface area contributed by atoms with Gasteiger partial charge >= 0.3 is 5.97 Å². The van der Waals surface area contributed by atoms with Crippen LogP contribution in [0.4, 0.5) is 20.2 Å². The minimum absolute atomic E-state index is 0.00352. The topological polar surface area (TPSA) is 72.9 Å². The van der Waals surface area contributed by atoms with Gasteiger partial charge in [-0.15, -0.1) is 11.8 Å². The number of esters is 1. The summed E-state index contributed by atoms with van der Waals surface area (Å²) < 4.78 is 65.5. The molecule has 0 N–H and O–H groups in total. The van der Waals surface area contributed by atoms with Crippen LogP contribution in [0.2, 0.25) is 0 Å². The van der Waals surface area contributed by atoms with E-state index in [2.05, 4.69) is 11.7 Å². The lowest BCUT2D eigenvalue weighted by atomic mass is 9.97. The number of fused-ring (bicyclic) bond motifs is 1. The summed E-state index contributed by atoms with van der Waals surface area (Å²) in [6.07, 6.45) is 4.92. The number of sulfone groups is 1. The van der Waals surface area contributed by atoms with Crippen LogP contribution in [0.1, 0.15) is 40.0 Å². The maximum absolute atomic E-state index is 14.1. The predicted octanol–water partition coefficient (Wildman–Crippen LogP) is 6.42. The summed E-state index contributed by atoms with van der Waals surface area (Å²) in [4.78, 5) is 14.1. The quantitative estimate of drug-likeness (QED) is 0.158. The second-order valence-corrected chi connectivity index (χ2v) is 11.6. The molecule has 1 aliphatic heterocycles. The van der Waals surface area contributed by atoms with Gasteiger partial charge in [0.05, 0.1) is 27.3 Å². The average Bonchev–Trinajstić information content (AvgIpc) is 2.94. The first-order valence-electron chi connectivity index (χ1n) is 11.8. The third kappa shape index (κ3) is 6.03. The summed E-state index contributed by atoms with van der Waals surface area (Å²) in [6, 6.07) is 8.99. The van der Waals surface area contributed by atoms with Crippen molar-refractivity contribution in [3.8, 4) is 5.75 Å². The molecule has 36 heavy (non-hydrogen) atoms. The van der Waals surface area contributed by atoms with Crippen molar-refractivity contribution in [2.75, 3.05) is 24.3 Å². The molecule has 0 spiro atoms. The van der Waals surface area contributed by atoms with Gasteiger partial charge in [0, 0.05) is 18.3 Å². The molecule has 6 nitrogen and oxygen atoms in total. The monoisotopic (exact) mass is 539 g/mol. The van der Waals surface area contributed by atoms with Crippen LogP contribution in [0.5, 0.6) is 5.75 Å². The van der Waals surface area contributed by atoms with Crippen molar-refractivity contribution in [2.45, 2.75) is 55.1 Å². The number of nitrogens with zero attached hydrogens (tertiary/aromatic N) is 1. The van der Waals surface area contributed by atoms with E-state index in [0.29, 0.717) is 29.1 Å². The highest BCUT2D eigenvalue weighted by atomic mass is 32.2. The van der Waals surface area contributed by atoms with Crippen LogP contribution in [0.25, 0.3) is 0 Å². The zero-order valence-electron chi connectivity index (χ0n) is 20.8. The fraction of sp³-hybridized carbons (Fsp3) is 0.423. The lowest BCUT2D eigenvalue weighted by molar-refractivity contribution is -0.140. The molecular weight excluding hydrogens is 508 g/mol. The van der Waals surface area contributed by atoms with Crippen LogP contribution < -0.4 is 9.64 Å². The SMILES string of the molecule is CCCC[C@H]1CN(c2ccc(F)cc2)c2cc(SC)c(O/C=C(\F)C(=O)OCC)cc2S(=O)(=O)C1C. The lowest BCUT2D eigenvalue weighted by Crippen LogP contribution is -2.31. The molecule has 0 saturated carbocycles. The highest BCUT2D eigenvalue weighted by Crippen LogP contribution is 2.45. The van der Waals surface area contributed by atoms with E-state index in [-0.39, 0.29) is 29.0 Å². The van der Waals surface area contributed by atoms with Gasteiger partial charge in [0.15, 0.2) is 9.84 Å². The Bertz CT molecular complexity index is 1220. The Kier molecular flexibility index (Phi) is 9.41. The first-order chi connectivity index (χ1) is 17.1. The standard InChI is InChI=1S/C26H31F2NO5S2/c1-5-7-8-18-15-29(20-11-9-19(27)10-12-20)22-13-24(35-4)23(14-25(22)36(31,32)17(18)3)34-16-21(28)26(30)33-6-2/h9-14,16-18H,5-8,15H2,1-4H3/b21-16-/t17?,18-/m0/s1. The third-order valence-electron chi connectivity index (χ3n) is 6.24. The van der Waals surface area contributed by atoms with Crippen molar-refractivity contribution in [1.29, 1.82) is 0 Å². The zero-order valence-corrected chi connectivity index (χ0v) is 22.4. The smallest absolute Gasteiger partial charge is 0.370 e. The van der Waals surface area contributed by atoms with E-state index in [1.54, 1.807) is 38.3 Å². The Morgan fingerprint density at radius 1 is 1.22 bits per heavy atom. The van der Waals surface area contributed by atoms with Gasteiger partial charge in [0.1, 0.15) is 17.8 Å². The number of halogens is 2. The van der Waals surface area contributed by atoms with E-state index >= 15 is 0 Å². The van der Waals surface area contributed by atoms with Gasteiger partial charge in [-0.1, -0.05) is 19.8 Å². The average molecular weight is 540 g/mol. The Balaban J connectivity index is 2.17. The number of thioether (sulfide) groups is 1. The summed E-state index contributed by atoms with van der Waals surface area (Å²) in [7, 11) is -3.81. The van der Waals surface area contributed by atoms with E-state index in [9.17, 15) is 22.0 Å². The van der Waals surface area contributed by atoms with Gasteiger partial charge in [0.25, 0.3) is 0 Å². The lowest BCUT2D eigenvalue weighted by Gasteiger charge is -2.29. The van der Waals surface area contributed by atoms with Crippen LogP contribution in [-0.2, 0) is 19.4 Å². The van der Waals surface area contributed by atoms with Gasteiger partial charge in [-0.05, 0) is 62.8 Å². The summed E-state index contributed by atoms with van der Waals surface area (Å²) in [6.45, 7) is 5.75. The van der Waals surface area contributed by atoms with Crippen molar-refractivity contribution in [1.82, 2.24) is 0 Å². The fourth-order valence-corrected chi connectivity index (χ4v) is 6.58. The molecule has 0 radical (unpaired) electrons. The second kappa shape index (κ2) is 12.1. The summed E-state index contributed by atoms with van der Waals surface area (Å²) >= 11 is 1.29. The van der Waals surface area contributed by atoms with Gasteiger partial charge in [-0.25, -0.2) is 17.6 Å². The number of carbonyl (C=O) groups excluding carboxylic acids is 1. The van der Waals surface area contributed by atoms with E-state index in [4.69, 9.17) is 4.74 Å². The molecular formula is C26H31F2NO5S2. The van der Waals surface area contributed by atoms with Crippen LogP contribution in [0, 0.1) is 11.7 Å². The molecule has 1 heterocycles. The van der Waals surface area contributed by atoms with Gasteiger partial charge < -0.3 is 14.4 Å². The minimum atomic E-state index is -3.81. The van der Waals surface area contributed by atoms with E-state index in [0.717, 1.165) is 19.3 Å². The second-order valence-electron chi connectivity index (χ2n) is 8.51. The Labute approximate surface area is 215 Å². The molecule has 2 atom stereocenters. The molecule has 0 aliphatic carbocycles. The van der Waals surface area contributed by atoms with E-state index in [1.807, 2.05) is 4.90 Å². The Morgan fingerprint density at radius 3 is 2.53 bits per heavy atom. The molecule has 3 rings (SSSR count). The van der Waals surface area contributed by atoms with Crippen LogP contribution in [0.15, 0.2) is 58.3 Å². The van der Waals surface area contributed by atoms with E-state index < -0.39 is 26.9 Å². The molecule has 10 heteroatoms. The number of benzene rings is 2. The van der Waals surface area contributed by atoms with Crippen LogP contribution in [-0.4, -0.2) is 39.0 Å². The van der Waals surface area contributed by atoms with Crippen LogP contribution in [0.3, 0.4) is 0 Å². The number of unbranched alkanes of at least 4 members (excludes halogenated alkanes) is 1. The zero-order chi connectivity index (χ0) is 26.5. The molecule has 0 saturated heterocycles. The molecule has 0 bridgehead atoms. The first kappa shape index (κ1) is 28.0. The van der Waals surface area contributed by atoms with Crippen molar-refractivity contribution in [3.05, 3.63) is 54.3 Å². The van der Waals surface area contributed by atoms with Gasteiger partial charge in [-0.2, -0.15) is 4.39 Å².